The first-order valence-corrected chi connectivity index (χ1v) is 22.1. The number of unbranched alkanes of at least 4 members (excludes halogenated alkanes) is 20. The molecular weight excluding hydrogens is 661 g/mol. The van der Waals surface area contributed by atoms with Crippen LogP contribution in [0.5, 0.6) is 0 Å². The van der Waals surface area contributed by atoms with E-state index in [2.05, 4.69) is 69.4 Å². The minimum Gasteiger partial charge on any atom is -0.462 e. The molecule has 0 rings (SSSR count). The molecule has 0 spiro atoms. The van der Waals surface area contributed by atoms with E-state index in [0.717, 1.165) is 103 Å². The molecule has 0 aromatic rings. The molecule has 306 valence electrons. The lowest BCUT2D eigenvalue weighted by Crippen LogP contribution is -2.30. The molecule has 0 saturated heterocycles. The zero-order valence-electron chi connectivity index (χ0n) is 34.8. The Bertz CT molecular complexity index is 949. The van der Waals surface area contributed by atoms with Gasteiger partial charge in [0.2, 0.25) is 0 Å². The van der Waals surface area contributed by atoms with Crippen LogP contribution in [0.3, 0.4) is 0 Å². The number of rotatable bonds is 39. The highest BCUT2D eigenvalue weighted by Crippen LogP contribution is 2.14. The summed E-state index contributed by atoms with van der Waals surface area (Å²) in [6.07, 6.45) is 48.3. The smallest absolute Gasteiger partial charge is 0.306 e. The molecule has 0 bridgehead atoms. The van der Waals surface area contributed by atoms with Gasteiger partial charge in [-0.2, -0.15) is 0 Å². The van der Waals surface area contributed by atoms with E-state index in [9.17, 15) is 14.4 Å². The standard InChI is InChI=1S/C47H82O6/c1-4-7-10-13-15-17-19-21-22-23-24-26-27-29-31-34-37-40-46(49)52-43-44(42-51-45(48)39-36-33-12-9-6-3)53-47(50)41-38-35-32-30-28-25-20-18-16-14-11-8-5-2/h7,10,15,17,21-22,24,26,44H,4-6,8-9,11-14,16,18-20,23,25,27-43H2,1-3H3/b10-7-,17-15-,22-21-,26-24-. The van der Waals surface area contributed by atoms with E-state index in [1.54, 1.807) is 0 Å². The first-order valence-electron chi connectivity index (χ1n) is 22.1. The SMILES string of the molecule is CC/C=C\C/C=C\C/C=C\C/C=C\CCCCCCC(=O)OCC(COC(=O)CCCCCCC)OC(=O)CCCCCCCCCCCCCCC. The van der Waals surface area contributed by atoms with Gasteiger partial charge in [0.15, 0.2) is 6.10 Å². The Kier molecular flexibility index (Phi) is 40.0. The normalized spacial score (nSPS) is 12.4. The van der Waals surface area contributed by atoms with Gasteiger partial charge in [-0.3, -0.25) is 14.4 Å². The monoisotopic (exact) mass is 743 g/mol. The lowest BCUT2D eigenvalue weighted by atomic mass is 10.0. The third kappa shape index (κ3) is 40.4. The Morgan fingerprint density at radius 3 is 1.15 bits per heavy atom. The summed E-state index contributed by atoms with van der Waals surface area (Å²) in [6.45, 7) is 6.41. The minimum atomic E-state index is -0.775. The highest BCUT2D eigenvalue weighted by atomic mass is 16.6. The Balaban J connectivity index is 4.27. The third-order valence-electron chi connectivity index (χ3n) is 9.35. The molecule has 0 aromatic heterocycles. The molecule has 0 radical (unpaired) electrons. The van der Waals surface area contributed by atoms with Gasteiger partial charge in [0, 0.05) is 19.3 Å². The highest BCUT2D eigenvalue weighted by Gasteiger charge is 2.19. The number of allylic oxidation sites excluding steroid dienone is 8. The van der Waals surface area contributed by atoms with Crippen molar-refractivity contribution < 1.29 is 28.6 Å². The molecule has 0 aliphatic rings. The molecule has 0 amide bonds. The Hall–Kier alpha value is -2.63. The van der Waals surface area contributed by atoms with Crippen molar-refractivity contribution in [3.05, 3.63) is 48.6 Å². The summed E-state index contributed by atoms with van der Waals surface area (Å²) in [5.74, 6) is -0.919. The van der Waals surface area contributed by atoms with Gasteiger partial charge in [0.05, 0.1) is 0 Å². The van der Waals surface area contributed by atoms with E-state index in [0.29, 0.717) is 19.3 Å². The first kappa shape index (κ1) is 50.4. The summed E-state index contributed by atoms with van der Waals surface area (Å²) in [4.78, 5) is 37.4. The Labute approximate surface area is 327 Å². The van der Waals surface area contributed by atoms with Gasteiger partial charge >= 0.3 is 17.9 Å². The maximum absolute atomic E-state index is 12.6. The number of hydrogen-bond acceptors (Lipinski definition) is 6. The lowest BCUT2D eigenvalue weighted by molar-refractivity contribution is -0.167. The van der Waals surface area contributed by atoms with Crippen molar-refractivity contribution in [1.29, 1.82) is 0 Å². The fraction of sp³-hybridized carbons (Fsp3) is 0.766. The maximum Gasteiger partial charge on any atom is 0.306 e. The van der Waals surface area contributed by atoms with Crippen LogP contribution in [-0.4, -0.2) is 37.2 Å². The second kappa shape index (κ2) is 42.1. The van der Waals surface area contributed by atoms with Crippen LogP contribution in [-0.2, 0) is 28.6 Å². The molecule has 0 N–H and O–H groups in total. The summed E-state index contributed by atoms with van der Waals surface area (Å²) in [5.41, 5.74) is 0. The molecule has 0 aliphatic heterocycles. The number of carbonyl (C=O) groups is 3. The van der Waals surface area contributed by atoms with E-state index in [-0.39, 0.29) is 31.1 Å². The average Bonchev–Trinajstić information content (AvgIpc) is 3.15. The molecule has 0 saturated carbocycles. The molecule has 6 nitrogen and oxygen atoms in total. The van der Waals surface area contributed by atoms with Crippen LogP contribution in [0.15, 0.2) is 48.6 Å². The first-order chi connectivity index (χ1) is 26.0. The van der Waals surface area contributed by atoms with Gasteiger partial charge in [-0.1, -0.05) is 185 Å². The van der Waals surface area contributed by atoms with Crippen LogP contribution in [0, 0.1) is 0 Å². The van der Waals surface area contributed by atoms with E-state index in [4.69, 9.17) is 14.2 Å². The van der Waals surface area contributed by atoms with Crippen LogP contribution in [0.1, 0.15) is 213 Å². The van der Waals surface area contributed by atoms with Gasteiger partial charge in [0.1, 0.15) is 13.2 Å². The van der Waals surface area contributed by atoms with Crippen molar-refractivity contribution >= 4 is 17.9 Å². The Morgan fingerprint density at radius 2 is 0.736 bits per heavy atom. The van der Waals surface area contributed by atoms with Gasteiger partial charge in [-0.25, -0.2) is 0 Å². The molecule has 0 aromatic carbocycles. The van der Waals surface area contributed by atoms with Crippen molar-refractivity contribution in [3.63, 3.8) is 0 Å². The Morgan fingerprint density at radius 1 is 0.396 bits per heavy atom. The van der Waals surface area contributed by atoms with E-state index in [1.807, 2.05) is 0 Å². The van der Waals surface area contributed by atoms with Gasteiger partial charge in [-0.15, -0.1) is 0 Å². The van der Waals surface area contributed by atoms with Gasteiger partial charge < -0.3 is 14.2 Å². The lowest BCUT2D eigenvalue weighted by Gasteiger charge is -2.18. The molecule has 6 heteroatoms. The van der Waals surface area contributed by atoms with Crippen molar-refractivity contribution in [3.8, 4) is 0 Å². The molecule has 1 unspecified atom stereocenters. The van der Waals surface area contributed by atoms with Crippen molar-refractivity contribution in [2.24, 2.45) is 0 Å². The van der Waals surface area contributed by atoms with Gasteiger partial charge in [0.25, 0.3) is 0 Å². The quantitative estimate of drug-likeness (QED) is 0.0270. The van der Waals surface area contributed by atoms with Crippen LogP contribution in [0.25, 0.3) is 0 Å². The summed E-state index contributed by atoms with van der Waals surface area (Å²) < 4.78 is 16.6. The predicted octanol–water partition coefficient (Wildman–Crippen LogP) is 14.0. The van der Waals surface area contributed by atoms with Crippen molar-refractivity contribution in [1.82, 2.24) is 0 Å². The molecular formula is C47H82O6. The molecule has 0 aliphatic carbocycles. The second-order valence-electron chi connectivity index (χ2n) is 14.6. The molecule has 0 fully saturated rings. The third-order valence-corrected chi connectivity index (χ3v) is 9.35. The maximum atomic E-state index is 12.6. The average molecular weight is 743 g/mol. The summed E-state index contributed by atoms with van der Waals surface area (Å²) in [7, 11) is 0. The van der Waals surface area contributed by atoms with Crippen LogP contribution < -0.4 is 0 Å². The zero-order valence-corrected chi connectivity index (χ0v) is 34.8. The van der Waals surface area contributed by atoms with Gasteiger partial charge in [-0.05, 0) is 57.8 Å². The summed E-state index contributed by atoms with van der Waals surface area (Å²) in [5, 5.41) is 0. The van der Waals surface area contributed by atoms with Crippen molar-refractivity contribution in [2.75, 3.05) is 13.2 Å². The topological polar surface area (TPSA) is 78.9 Å². The number of ether oxygens (including phenoxy) is 3. The van der Waals surface area contributed by atoms with Crippen LogP contribution in [0.2, 0.25) is 0 Å². The zero-order chi connectivity index (χ0) is 38.7. The number of esters is 3. The minimum absolute atomic E-state index is 0.0806. The molecule has 53 heavy (non-hydrogen) atoms. The van der Waals surface area contributed by atoms with Crippen molar-refractivity contribution in [2.45, 2.75) is 219 Å². The van der Waals surface area contributed by atoms with Crippen LogP contribution >= 0.6 is 0 Å². The molecule has 1 atom stereocenters. The fourth-order valence-corrected chi connectivity index (χ4v) is 6.02. The van der Waals surface area contributed by atoms with E-state index in [1.165, 1.54) is 70.6 Å². The molecule has 0 heterocycles. The predicted molar refractivity (Wildman–Crippen MR) is 224 cm³/mol. The number of hydrogen-bond donors (Lipinski definition) is 0. The second-order valence-corrected chi connectivity index (χ2v) is 14.6. The fourth-order valence-electron chi connectivity index (χ4n) is 6.02. The summed E-state index contributed by atoms with van der Waals surface area (Å²) in [6, 6.07) is 0. The van der Waals surface area contributed by atoms with Crippen LogP contribution in [0.4, 0.5) is 0 Å². The van der Waals surface area contributed by atoms with E-state index < -0.39 is 6.10 Å². The van der Waals surface area contributed by atoms with E-state index >= 15 is 0 Å². The summed E-state index contributed by atoms with van der Waals surface area (Å²) >= 11 is 0. The largest absolute Gasteiger partial charge is 0.462 e. The number of carbonyl (C=O) groups excluding carboxylic acids is 3. The highest BCUT2D eigenvalue weighted by molar-refractivity contribution is 5.71.